The summed E-state index contributed by atoms with van der Waals surface area (Å²) >= 11 is 0. The van der Waals surface area contributed by atoms with Gasteiger partial charge in [0.25, 0.3) is 5.91 Å². The van der Waals surface area contributed by atoms with E-state index in [4.69, 9.17) is 4.74 Å². The van der Waals surface area contributed by atoms with E-state index in [0.29, 0.717) is 54.1 Å². The lowest BCUT2D eigenvalue weighted by Crippen LogP contribution is -2.47. The van der Waals surface area contributed by atoms with Gasteiger partial charge in [0.1, 0.15) is 24.2 Å². The Kier molecular flexibility index (Phi) is 12.3. The number of amides is 4. The second-order valence-corrected chi connectivity index (χ2v) is 16.4. The van der Waals surface area contributed by atoms with Crippen molar-refractivity contribution < 1.29 is 32.7 Å². The maximum Gasteiger partial charge on any atom is 0.253 e. The lowest BCUT2D eigenvalue weighted by atomic mass is 9.82. The molecule has 5 fully saturated rings. The third kappa shape index (κ3) is 9.31. The number of rotatable bonds is 10. The average Bonchev–Trinajstić information content (AvgIpc) is 3.24. The maximum atomic E-state index is 15.3. The molecule has 308 valence electrons. The van der Waals surface area contributed by atoms with E-state index in [1.165, 1.54) is 12.3 Å². The largest absolute Gasteiger partial charge is 0.374 e. The SMILES string of the molecule is O=C1CCC(Nc2ccc(C3CCN([C@H]4CC[C@H](C(=O)NC5CCC(Nc6ncc(F)c(-c7cccc(N8CCOCC8=O)c7)n6)CC5)CC4)CC3)c(F)c2)C(=O)N1. The van der Waals surface area contributed by atoms with Gasteiger partial charge in [-0.05, 0) is 119 Å². The van der Waals surface area contributed by atoms with Crippen LogP contribution in [-0.4, -0.2) is 95.5 Å². The van der Waals surface area contributed by atoms with Gasteiger partial charge in [-0.2, -0.15) is 0 Å². The van der Waals surface area contributed by atoms with Gasteiger partial charge in [-0.3, -0.25) is 24.5 Å². The number of nitrogens with one attached hydrogen (secondary N) is 4. The van der Waals surface area contributed by atoms with Crippen LogP contribution < -0.4 is 26.2 Å². The zero-order chi connectivity index (χ0) is 40.2. The molecule has 1 unspecified atom stereocenters. The Morgan fingerprint density at radius 1 is 0.828 bits per heavy atom. The molecule has 3 saturated heterocycles. The molecule has 0 spiro atoms. The molecule has 15 heteroatoms. The highest BCUT2D eigenvalue weighted by Gasteiger charge is 2.34. The molecule has 4 heterocycles. The highest BCUT2D eigenvalue weighted by atomic mass is 19.1. The van der Waals surface area contributed by atoms with Crippen LogP contribution in [0, 0.1) is 17.6 Å². The first-order valence-electron chi connectivity index (χ1n) is 20.9. The normalized spacial score (nSPS) is 26.2. The number of aromatic nitrogens is 2. The van der Waals surface area contributed by atoms with Gasteiger partial charge < -0.3 is 30.5 Å². The van der Waals surface area contributed by atoms with E-state index >= 15 is 4.39 Å². The van der Waals surface area contributed by atoms with Crippen molar-refractivity contribution in [1.29, 1.82) is 0 Å². The summed E-state index contributed by atoms with van der Waals surface area (Å²) in [6.07, 6.45) is 10.6. The first kappa shape index (κ1) is 39.8. The second kappa shape index (κ2) is 17.9. The van der Waals surface area contributed by atoms with Crippen molar-refractivity contribution in [1.82, 2.24) is 25.5 Å². The summed E-state index contributed by atoms with van der Waals surface area (Å²) in [5, 5.41) is 12.1. The Morgan fingerprint density at radius 3 is 2.34 bits per heavy atom. The van der Waals surface area contributed by atoms with Gasteiger partial charge in [0.2, 0.25) is 23.7 Å². The zero-order valence-corrected chi connectivity index (χ0v) is 32.7. The number of nitrogens with zero attached hydrogens (tertiary/aromatic N) is 4. The van der Waals surface area contributed by atoms with Crippen LogP contribution in [0.1, 0.15) is 88.5 Å². The third-order valence-electron chi connectivity index (χ3n) is 12.7. The lowest BCUT2D eigenvalue weighted by molar-refractivity contribution is -0.133. The number of halogens is 2. The minimum absolute atomic E-state index is 0.0111. The fraction of sp³-hybridized carbons (Fsp3) is 0.535. The van der Waals surface area contributed by atoms with E-state index in [2.05, 4.69) is 36.1 Å². The third-order valence-corrected chi connectivity index (χ3v) is 12.7. The van der Waals surface area contributed by atoms with Crippen LogP contribution in [-0.2, 0) is 23.9 Å². The van der Waals surface area contributed by atoms with E-state index in [1.807, 2.05) is 18.2 Å². The highest BCUT2D eigenvalue weighted by Crippen LogP contribution is 2.36. The van der Waals surface area contributed by atoms with Crippen LogP contribution in [0.3, 0.4) is 0 Å². The quantitative estimate of drug-likeness (QED) is 0.199. The molecule has 58 heavy (non-hydrogen) atoms. The molecule has 1 aromatic heterocycles. The molecular weight excluding hydrogens is 747 g/mol. The smallest absolute Gasteiger partial charge is 0.253 e. The van der Waals surface area contributed by atoms with Crippen molar-refractivity contribution in [3.05, 3.63) is 65.9 Å². The van der Waals surface area contributed by atoms with Crippen LogP contribution in [0.2, 0.25) is 0 Å². The monoisotopic (exact) mass is 798 g/mol. The molecule has 0 radical (unpaired) electrons. The summed E-state index contributed by atoms with van der Waals surface area (Å²) in [6.45, 7) is 2.70. The van der Waals surface area contributed by atoms with E-state index < -0.39 is 11.9 Å². The van der Waals surface area contributed by atoms with Gasteiger partial charge >= 0.3 is 0 Å². The van der Waals surface area contributed by atoms with E-state index in [1.54, 1.807) is 23.1 Å². The number of carbonyl (C=O) groups is 4. The molecule has 4 N–H and O–H groups in total. The molecule has 0 bridgehead atoms. The van der Waals surface area contributed by atoms with Gasteiger partial charge in [-0.15, -0.1) is 0 Å². The summed E-state index contributed by atoms with van der Waals surface area (Å²) in [4.78, 5) is 62.2. The van der Waals surface area contributed by atoms with Crippen molar-refractivity contribution >= 4 is 41.0 Å². The van der Waals surface area contributed by atoms with Crippen molar-refractivity contribution in [2.45, 2.75) is 107 Å². The maximum absolute atomic E-state index is 15.3. The number of piperidine rings is 2. The zero-order valence-electron chi connectivity index (χ0n) is 32.7. The predicted molar refractivity (Wildman–Crippen MR) is 214 cm³/mol. The number of hydrogen-bond acceptors (Lipinski definition) is 10. The standard InChI is InChI=1S/C43H52F2N8O5/c44-35-23-31(47-37-14-15-38(54)50-42(37)57)10-13-34(35)26-16-18-52(19-17-26)32-11-4-27(5-12-32)41(56)48-29-6-8-30(9-7-29)49-43-46-24-36(45)40(51-43)28-2-1-3-33(22-28)53-20-21-58-25-39(53)55/h1-3,10,13,22-24,26-27,29-30,32,37,47H,4-9,11-12,14-21,25H2,(H,48,56)(H,46,49,51)(H,50,54,57)/t27-,29?,30?,32-,37?. The van der Waals surface area contributed by atoms with E-state index in [-0.39, 0.29) is 72.1 Å². The number of morpholine rings is 1. The topological polar surface area (TPSA) is 158 Å². The van der Waals surface area contributed by atoms with Crippen molar-refractivity contribution in [2.24, 2.45) is 5.92 Å². The second-order valence-electron chi connectivity index (χ2n) is 16.4. The minimum Gasteiger partial charge on any atom is -0.374 e. The molecule has 2 aromatic carbocycles. The number of benzene rings is 2. The van der Waals surface area contributed by atoms with Gasteiger partial charge in [-0.25, -0.2) is 18.7 Å². The number of imide groups is 1. The van der Waals surface area contributed by atoms with E-state index in [0.717, 1.165) is 77.3 Å². The van der Waals surface area contributed by atoms with Crippen LogP contribution in [0.4, 0.5) is 26.1 Å². The molecule has 8 rings (SSSR count). The molecule has 1 atom stereocenters. The number of carbonyl (C=O) groups excluding carboxylic acids is 4. The molecule has 2 aliphatic carbocycles. The summed E-state index contributed by atoms with van der Waals surface area (Å²) in [6, 6.07) is 12.3. The van der Waals surface area contributed by atoms with E-state index in [9.17, 15) is 23.6 Å². The van der Waals surface area contributed by atoms with Crippen molar-refractivity contribution in [3.63, 3.8) is 0 Å². The molecule has 3 aliphatic heterocycles. The molecular formula is C43H52F2N8O5. The van der Waals surface area contributed by atoms with Crippen molar-refractivity contribution in [2.75, 3.05) is 48.4 Å². The summed E-state index contributed by atoms with van der Waals surface area (Å²) in [5.74, 6) is -0.976. The fourth-order valence-corrected chi connectivity index (χ4v) is 9.39. The van der Waals surface area contributed by atoms with Gasteiger partial charge in [-0.1, -0.05) is 18.2 Å². The summed E-state index contributed by atoms with van der Waals surface area (Å²) in [5.41, 5.74) is 2.64. The fourth-order valence-electron chi connectivity index (χ4n) is 9.39. The molecule has 3 aromatic rings. The van der Waals surface area contributed by atoms with Crippen LogP contribution >= 0.6 is 0 Å². The first-order chi connectivity index (χ1) is 28.2. The van der Waals surface area contributed by atoms with Gasteiger partial charge in [0.05, 0.1) is 12.8 Å². The number of anilines is 3. The predicted octanol–water partition coefficient (Wildman–Crippen LogP) is 5.28. The number of hydrogen-bond donors (Lipinski definition) is 4. The Bertz CT molecular complexity index is 1990. The highest BCUT2D eigenvalue weighted by molar-refractivity contribution is 6.01. The lowest BCUT2D eigenvalue weighted by Gasteiger charge is -2.41. The van der Waals surface area contributed by atoms with Gasteiger partial charge in [0, 0.05) is 53.9 Å². The van der Waals surface area contributed by atoms with Gasteiger partial charge in [0.15, 0.2) is 5.82 Å². The Labute approximate surface area is 337 Å². The van der Waals surface area contributed by atoms with Crippen LogP contribution in [0.15, 0.2) is 48.7 Å². The number of ether oxygens (including phenoxy) is 1. The molecule has 4 amide bonds. The van der Waals surface area contributed by atoms with Crippen LogP contribution in [0.5, 0.6) is 0 Å². The average molecular weight is 799 g/mol. The Balaban J connectivity index is 0.754. The minimum atomic E-state index is -0.551. The molecule has 2 saturated carbocycles. The van der Waals surface area contributed by atoms with Crippen molar-refractivity contribution in [3.8, 4) is 11.3 Å². The first-order valence-corrected chi connectivity index (χ1v) is 20.9. The van der Waals surface area contributed by atoms with Crippen LogP contribution in [0.25, 0.3) is 11.3 Å². The summed E-state index contributed by atoms with van der Waals surface area (Å²) < 4.78 is 35.5. The Morgan fingerprint density at radius 2 is 1.60 bits per heavy atom. The Hall–Kier alpha value is -5.02. The molecule has 13 nitrogen and oxygen atoms in total. The summed E-state index contributed by atoms with van der Waals surface area (Å²) in [7, 11) is 0. The number of likely N-dealkylation sites (tertiary alicyclic amines) is 1. The molecule has 5 aliphatic rings.